The van der Waals surface area contributed by atoms with Crippen molar-refractivity contribution in [3.05, 3.63) is 53.6 Å². The van der Waals surface area contributed by atoms with Crippen LogP contribution in [0.3, 0.4) is 0 Å². The van der Waals surface area contributed by atoms with E-state index in [4.69, 9.17) is 9.47 Å². The zero-order chi connectivity index (χ0) is 20.6. The molecule has 1 fully saturated rings. The van der Waals surface area contributed by atoms with Crippen molar-refractivity contribution in [3.8, 4) is 11.5 Å². The number of nitrogens with one attached hydrogen (secondary N) is 1. The number of benzene rings is 2. The topological polar surface area (TPSA) is 105 Å². The number of nitrogens with zero attached hydrogens (tertiary/aromatic N) is 1. The van der Waals surface area contributed by atoms with Gasteiger partial charge in [-0.05, 0) is 36.8 Å². The lowest BCUT2D eigenvalue weighted by molar-refractivity contribution is -0.124. The molecule has 4 rings (SSSR count). The standard InChI is InChI=1S/C20H22N2O6S/c1-13-2-5-16(6-3-13)29(25,26)22-11-15(23)9-17(22)20(24)21-10-14-4-7-18-19(8-14)28-12-27-18/h2-8,15,17,23H,9-12H2,1H3,(H,21,24)/t15-,17-/m1/s1. The van der Waals surface area contributed by atoms with Crippen molar-refractivity contribution in [1.29, 1.82) is 0 Å². The molecule has 0 spiro atoms. The Hall–Kier alpha value is -2.62. The molecule has 29 heavy (non-hydrogen) atoms. The number of carbonyl (C=O) groups is 1. The monoisotopic (exact) mass is 418 g/mol. The van der Waals surface area contributed by atoms with E-state index < -0.39 is 28.1 Å². The van der Waals surface area contributed by atoms with Crippen molar-refractivity contribution in [2.45, 2.75) is 36.9 Å². The number of ether oxygens (including phenoxy) is 2. The maximum absolute atomic E-state index is 13.0. The van der Waals surface area contributed by atoms with E-state index in [1.807, 2.05) is 6.92 Å². The lowest BCUT2D eigenvalue weighted by Gasteiger charge is -2.23. The van der Waals surface area contributed by atoms with Gasteiger partial charge in [-0.3, -0.25) is 4.79 Å². The maximum Gasteiger partial charge on any atom is 0.243 e. The summed E-state index contributed by atoms with van der Waals surface area (Å²) >= 11 is 0. The average molecular weight is 418 g/mol. The fraction of sp³-hybridized carbons (Fsp3) is 0.350. The first-order valence-corrected chi connectivity index (χ1v) is 10.7. The summed E-state index contributed by atoms with van der Waals surface area (Å²) in [6.45, 7) is 2.12. The van der Waals surface area contributed by atoms with Crippen molar-refractivity contribution in [1.82, 2.24) is 9.62 Å². The second kappa shape index (κ2) is 7.66. The van der Waals surface area contributed by atoms with Gasteiger partial charge >= 0.3 is 0 Å². The largest absolute Gasteiger partial charge is 0.454 e. The minimum absolute atomic E-state index is 0.0536. The molecule has 0 aromatic heterocycles. The Morgan fingerprint density at radius 2 is 1.90 bits per heavy atom. The Morgan fingerprint density at radius 1 is 1.17 bits per heavy atom. The Morgan fingerprint density at radius 3 is 2.66 bits per heavy atom. The first-order chi connectivity index (χ1) is 13.8. The van der Waals surface area contributed by atoms with E-state index in [1.165, 1.54) is 12.1 Å². The summed E-state index contributed by atoms with van der Waals surface area (Å²) in [6, 6.07) is 10.8. The number of aliphatic hydroxyl groups is 1. The number of rotatable bonds is 5. The van der Waals surface area contributed by atoms with Crippen LogP contribution in [-0.2, 0) is 21.4 Å². The SMILES string of the molecule is Cc1ccc(S(=O)(=O)N2C[C@H](O)C[C@@H]2C(=O)NCc2ccc3c(c2)OCO3)cc1. The number of amides is 1. The summed E-state index contributed by atoms with van der Waals surface area (Å²) in [7, 11) is -3.90. The molecule has 0 aliphatic carbocycles. The zero-order valence-electron chi connectivity index (χ0n) is 15.9. The average Bonchev–Trinajstić information content (AvgIpc) is 3.32. The lowest BCUT2D eigenvalue weighted by Crippen LogP contribution is -2.45. The van der Waals surface area contributed by atoms with Crippen molar-refractivity contribution < 1.29 is 27.8 Å². The number of hydrogen-bond acceptors (Lipinski definition) is 6. The fourth-order valence-corrected chi connectivity index (χ4v) is 5.13. The third-order valence-corrected chi connectivity index (χ3v) is 6.96. The molecule has 2 aliphatic rings. The van der Waals surface area contributed by atoms with E-state index >= 15 is 0 Å². The summed E-state index contributed by atoms with van der Waals surface area (Å²) in [5, 5.41) is 12.8. The van der Waals surface area contributed by atoms with Crippen LogP contribution in [0.15, 0.2) is 47.4 Å². The van der Waals surface area contributed by atoms with E-state index in [0.717, 1.165) is 15.4 Å². The van der Waals surface area contributed by atoms with Crippen LogP contribution in [0.1, 0.15) is 17.5 Å². The normalized spacial score (nSPS) is 21.3. The third kappa shape index (κ3) is 3.93. The third-order valence-electron chi connectivity index (χ3n) is 5.07. The summed E-state index contributed by atoms with van der Waals surface area (Å²) in [6.07, 6.45) is -0.838. The molecule has 1 saturated heterocycles. The highest BCUT2D eigenvalue weighted by Crippen LogP contribution is 2.32. The molecule has 154 valence electrons. The van der Waals surface area contributed by atoms with Gasteiger partial charge in [0.2, 0.25) is 22.7 Å². The van der Waals surface area contributed by atoms with Crippen molar-refractivity contribution in [3.63, 3.8) is 0 Å². The van der Waals surface area contributed by atoms with Gasteiger partial charge in [-0.25, -0.2) is 8.42 Å². The van der Waals surface area contributed by atoms with E-state index in [1.54, 1.807) is 30.3 Å². The molecule has 2 aromatic rings. The van der Waals surface area contributed by atoms with Crippen LogP contribution in [0.2, 0.25) is 0 Å². The molecular formula is C20H22N2O6S. The number of fused-ring (bicyclic) bond motifs is 1. The predicted molar refractivity (Wildman–Crippen MR) is 104 cm³/mol. The van der Waals surface area contributed by atoms with Gasteiger partial charge < -0.3 is 19.9 Å². The predicted octanol–water partition coefficient (Wildman–Crippen LogP) is 1.16. The van der Waals surface area contributed by atoms with Crippen LogP contribution in [0.5, 0.6) is 11.5 Å². The quantitative estimate of drug-likeness (QED) is 0.755. The number of sulfonamides is 1. The van der Waals surface area contributed by atoms with Crippen molar-refractivity contribution in [2.24, 2.45) is 0 Å². The highest BCUT2D eigenvalue weighted by molar-refractivity contribution is 7.89. The number of aliphatic hydroxyl groups excluding tert-OH is 1. The van der Waals surface area contributed by atoms with Crippen LogP contribution in [0.25, 0.3) is 0 Å². The molecule has 2 aromatic carbocycles. The Kier molecular flexibility index (Phi) is 5.20. The highest BCUT2D eigenvalue weighted by atomic mass is 32.2. The van der Waals surface area contributed by atoms with Gasteiger partial charge in [0.05, 0.1) is 11.0 Å². The van der Waals surface area contributed by atoms with Gasteiger partial charge in [0, 0.05) is 19.5 Å². The molecule has 2 N–H and O–H groups in total. The molecule has 0 saturated carbocycles. The molecule has 0 unspecified atom stereocenters. The molecular weight excluding hydrogens is 396 g/mol. The summed E-state index contributed by atoms with van der Waals surface area (Å²) in [5.41, 5.74) is 1.73. The number of aryl methyl sites for hydroxylation is 1. The summed E-state index contributed by atoms with van der Waals surface area (Å²) in [4.78, 5) is 12.9. The first kappa shape index (κ1) is 19.7. The second-order valence-corrected chi connectivity index (χ2v) is 9.09. The number of hydrogen-bond donors (Lipinski definition) is 2. The van der Waals surface area contributed by atoms with Crippen molar-refractivity contribution in [2.75, 3.05) is 13.3 Å². The minimum Gasteiger partial charge on any atom is -0.454 e. The van der Waals surface area contributed by atoms with E-state index in [2.05, 4.69) is 5.32 Å². The molecule has 0 bridgehead atoms. The number of carbonyl (C=O) groups excluding carboxylic acids is 1. The first-order valence-electron chi connectivity index (χ1n) is 9.27. The Labute approximate surface area is 169 Å². The smallest absolute Gasteiger partial charge is 0.243 e. The summed E-state index contributed by atoms with van der Waals surface area (Å²) < 4.78 is 37.7. The van der Waals surface area contributed by atoms with E-state index in [9.17, 15) is 18.3 Å². The molecule has 2 atom stereocenters. The van der Waals surface area contributed by atoms with E-state index in [0.29, 0.717) is 11.5 Å². The molecule has 0 radical (unpaired) electrons. The van der Waals surface area contributed by atoms with Gasteiger partial charge in [-0.15, -0.1) is 0 Å². The zero-order valence-corrected chi connectivity index (χ0v) is 16.7. The van der Waals surface area contributed by atoms with Crippen LogP contribution in [-0.4, -0.2) is 49.2 Å². The molecule has 8 nitrogen and oxygen atoms in total. The highest BCUT2D eigenvalue weighted by Gasteiger charge is 2.43. The van der Waals surface area contributed by atoms with Crippen LogP contribution < -0.4 is 14.8 Å². The van der Waals surface area contributed by atoms with Gasteiger partial charge in [0.25, 0.3) is 0 Å². The fourth-order valence-electron chi connectivity index (χ4n) is 3.49. The Balaban J connectivity index is 1.48. The maximum atomic E-state index is 13.0. The van der Waals surface area contributed by atoms with E-state index in [-0.39, 0.29) is 31.2 Å². The van der Waals surface area contributed by atoms with Gasteiger partial charge in [-0.2, -0.15) is 4.31 Å². The van der Waals surface area contributed by atoms with Gasteiger partial charge in [0.1, 0.15) is 6.04 Å². The van der Waals surface area contributed by atoms with Crippen LogP contribution >= 0.6 is 0 Å². The minimum atomic E-state index is -3.90. The van der Waals surface area contributed by atoms with Crippen molar-refractivity contribution >= 4 is 15.9 Å². The van der Waals surface area contributed by atoms with Crippen LogP contribution in [0.4, 0.5) is 0 Å². The van der Waals surface area contributed by atoms with Crippen LogP contribution in [0, 0.1) is 6.92 Å². The summed E-state index contributed by atoms with van der Waals surface area (Å²) in [5.74, 6) is 0.806. The Bertz CT molecular complexity index is 1020. The van der Waals surface area contributed by atoms with Gasteiger partial charge in [0.15, 0.2) is 11.5 Å². The van der Waals surface area contributed by atoms with Gasteiger partial charge in [-0.1, -0.05) is 23.8 Å². The molecule has 2 heterocycles. The molecule has 2 aliphatic heterocycles. The molecule has 1 amide bonds. The molecule has 9 heteroatoms. The lowest BCUT2D eigenvalue weighted by atomic mass is 10.1. The second-order valence-electron chi connectivity index (χ2n) is 7.20. The number of β-amino-alcohol motifs (C(OH)–C–C–N with tert-alkyl or cyclic N) is 1.